The van der Waals surface area contributed by atoms with Crippen molar-refractivity contribution in [2.45, 2.75) is 11.1 Å². The van der Waals surface area contributed by atoms with Gasteiger partial charge < -0.3 is 0 Å². The van der Waals surface area contributed by atoms with Crippen LogP contribution in [0.5, 0.6) is 0 Å². The van der Waals surface area contributed by atoms with E-state index in [0.29, 0.717) is 17.8 Å². The van der Waals surface area contributed by atoms with Gasteiger partial charge in [-0.15, -0.1) is 0 Å². The number of anilines is 2. The van der Waals surface area contributed by atoms with E-state index in [9.17, 15) is 26.5 Å². The Labute approximate surface area is 175 Å². The summed E-state index contributed by atoms with van der Waals surface area (Å²) in [4.78, 5) is 19.7. The molecule has 0 unspecified atom stereocenters. The lowest BCUT2D eigenvalue weighted by Gasteiger charge is -2.17. The maximum Gasteiger partial charge on any atom is 0.330 e. The molecule has 2 heterocycles. The molecule has 2 amide bonds. The van der Waals surface area contributed by atoms with E-state index in [1.807, 2.05) is 0 Å². The number of carbonyl (C=O) groups is 1. The van der Waals surface area contributed by atoms with Gasteiger partial charge in [-0.1, -0.05) is 23.5 Å². The molecule has 156 valence electrons. The lowest BCUT2D eigenvalue weighted by molar-refractivity contribution is 0.256. The Morgan fingerprint density at radius 1 is 1.07 bits per heavy atom. The maximum absolute atomic E-state index is 14.0. The van der Waals surface area contributed by atoms with Gasteiger partial charge in [0.1, 0.15) is 11.6 Å². The average Bonchev–Trinajstić information content (AvgIpc) is 3.26. The smallest absolute Gasteiger partial charge is 0.292 e. The van der Waals surface area contributed by atoms with Crippen LogP contribution < -0.4 is 9.80 Å². The highest BCUT2D eigenvalue weighted by atomic mass is 32.3. The zero-order chi connectivity index (χ0) is 21.6. The number of halogens is 2. The Bertz CT molecular complexity index is 1240. The molecular weight excluding hydrogens is 436 g/mol. The predicted molar refractivity (Wildman–Crippen MR) is 109 cm³/mol. The zero-order valence-corrected chi connectivity index (χ0v) is 17.2. The normalized spacial score (nSPS) is 14.6. The molecule has 11 heteroatoms. The third-order valence-electron chi connectivity index (χ3n) is 4.64. The van der Waals surface area contributed by atoms with Crippen molar-refractivity contribution in [1.29, 1.82) is 0 Å². The SMILES string of the molecule is Cc1nc(N2CCN(c3ccc(-c4cc(F)ccc4F)cc3)C2=O)sc1S(=O)(=O)O. The van der Waals surface area contributed by atoms with Crippen molar-refractivity contribution in [2.75, 3.05) is 22.9 Å². The summed E-state index contributed by atoms with van der Waals surface area (Å²) in [6, 6.07) is 9.21. The van der Waals surface area contributed by atoms with Crippen molar-refractivity contribution in [3.05, 3.63) is 59.8 Å². The minimum Gasteiger partial charge on any atom is -0.292 e. The second kappa shape index (κ2) is 7.42. The molecule has 0 saturated carbocycles. The maximum atomic E-state index is 14.0. The minimum atomic E-state index is -4.42. The molecule has 3 aromatic rings. The van der Waals surface area contributed by atoms with E-state index in [0.717, 1.165) is 29.5 Å². The van der Waals surface area contributed by atoms with E-state index in [-0.39, 0.29) is 27.1 Å². The summed E-state index contributed by atoms with van der Waals surface area (Å²) >= 11 is 0.720. The van der Waals surface area contributed by atoms with Crippen molar-refractivity contribution in [1.82, 2.24) is 4.98 Å². The molecule has 1 N–H and O–H groups in total. The first-order valence-electron chi connectivity index (χ1n) is 8.74. The summed E-state index contributed by atoms with van der Waals surface area (Å²) in [7, 11) is -4.42. The molecule has 1 aliphatic heterocycles. The predicted octanol–water partition coefficient (Wildman–Crippen LogP) is 4.09. The zero-order valence-electron chi connectivity index (χ0n) is 15.5. The van der Waals surface area contributed by atoms with E-state index in [1.54, 1.807) is 24.3 Å². The Balaban J connectivity index is 1.58. The number of carbonyl (C=O) groups excluding carboxylic acids is 1. The van der Waals surface area contributed by atoms with Crippen molar-refractivity contribution in [3.8, 4) is 11.1 Å². The van der Waals surface area contributed by atoms with Gasteiger partial charge in [0, 0.05) is 24.3 Å². The van der Waals surface area contributed by atoms with Crippen molar-refractivity contribution < 1.29 is 26.5 Å². The number of nitrogens with zero attached hydrogens (tertiary/aromatic N) is 3. The molecule has 30 heavy (non-hydrogen) atoms. The van der Waals surface area contributed by atoms with Crippen LogP contribution in [0.2, 0.25) is 0 Å². The molecule has 1 aromatic heterocycles. The van der Waals surface area contributed by atoms with Gasteiger partial charge in [0.05, 0.1) is 5.69 Å². The van der Waals surface area contributed by atoms with Crippen LogP contribution in [0.25, 0.3) is 11.1 Å². The van der Waals surface area contributed by atoms with Crippen LogP contribution in [0.15, 0.2) is 46.7 Å². The van der Waals surface area contributed by atoms with E-state index in [1.165, 1.54) is 16.7 Å². The lowest BCUT2D eigenvalue weighted by Crippen LogP contribution is -2.31. The molecule has 0 radical (unpaired) electrons. The second-order valence-electron chi connectivity index (χ2n) is 6.60. The van der Waals surface area contributed by atoms with Crippen molar-refractivity contribution in [2.24, 2.45) is 0 Å². The molecule has 0 bridgehead atoms. The highest BCUT2D eigenvalue weighted by Gasteiger charge is 2.34. The molecular formula is C19H15F2N3O4S2. The van der Waals surface area contributed by atoms with Crippen LogP contribution in [-0.4, -0.2) is 37.1 Å². The van der Waals surface area contributed by atoms with Gasteiger partial charge in [0.2, 0.25) is 0 Å². The van der Waals surface area contributed by atoms with Crippen LogP contribution in [0.3, 0.4) is 0 Å². The number of hydrogen-bond acceptors (Lipinski definition) is 5. The van der Waals surface area contributed by atoms with Crippen LogP contribution in [0.4, 0.5) is 24.4 Å². The van der Waals surface area contributed by atoms with E-state index >= 15 is 0 Å². The summed E-state index contributed by atoms with van der Waals surface area (Å²) in [5.74, 6) is -1.11. The fourth-order valence-corrected chi connectivity index (χ4v) is 5.10. The van der Waals surface area contributed by atoms with E-state index in [2.05, 4.69) is 4.98 Å². The van der Waals surface area contributed by atoms with Crippen LogP contribution in [-0.2, 0) is 10.1 Å². The van der Waals surface area contributed by atoms with Gasteiger partial charge in [-0.3, -0.25) is 14.4 Å². The third-order valence-corrected chi connectivity index (χ3v) is 7.26. The topological polar surface area (TPSA) is 90.8 Å². The van der Waals surface area contributed by atoms with Crippen LogP contribution >= 0.6 is 11.3 Å². The standard InChI is InChI=1S/C19H15F2N3O4S2/c1-11-17(30(26,27)28)29-18(22-11)24-9-8-23(19(24)25)14-5-2-12(3-6-14)15-10-13(20)4-7-16(15)21/h2-7,10H,8-9H2,1H3,(H,26,27,28). The molecule has 1 aliphatic rings. The van der Waals surface area contributed by atoms with Crippen LogP contribution in [0.1, 0.15) is 5.69 Å². The third kappa shape index (κ3) is 3.66. The number of aryl methyl sites for hydroxylation is 1. The Hall–Kier alpha value is -2.89. The fraction of sp³-hybridized carbons (Fsp3) is 0.158. The quantitative estimate of drug-likeness (QED) is 0.604. The number of benzene rings is 2. The number of aromatic nitrogens is 1. The second-order valence-corrected chi connectivity index (χ2v) is 9.20. The highest BCUT2D eigenvalue weighted by Crippen LogP contribution is 2.33. The number of urea groups is 1. The highest BCUT2D eigenvalue weighted by molar-refractivity contribution is 7.88. The van der Waals surface area contributed by atoms with Gasteiger partial charge in [-0.05, 0) is 42.8 Å². The number of hydrogen-bond donors (Lipinski definition) is 1. The van der Waals surface area contributed by atoms with E-state index in [4.69, 9.17) is 0 Å². The summed E-state index contributed by atoms with van der Waals surface area (Å²) in [6.07, 6.45) is 0. The van der Waals surface area contributed by atoms with Crippen molar-refractivity contribution in [3.63, 3.8) is 0 Å². The van der Waals surface area contributed by atoms with Gasteiger partial charge in [0.25, 0.3) is 0 Å². The van der Waals surface area contributed by atoms with Gasteiger partial charge in [-0.25, -0.2) is 18.6 Å². The largest absolute Gasteiger partial charge is 0.330 e. The first-order chi connectivity index (χ1) is 14.1. The summed E-state index contributed by atoms with van der Waals surface area (Å²) in [5.41, 5.74) is 1.25. The number of rotatable bonds is 4. The summed E-state index contributed by atoms with van der Waals surface area (Å²) < 4.78 is 59.2. The molecule has 2 aromatic carbocycles. The molecule has 0 atom stereocenters. The average molecular weight is 451 g/mol. The van der Waals surface area contributed by atoms with Gasteiger partial charge in [0.15, 0.2) is 9.34 Å². The Kier molecular flexibility index (Phi) is 5.04. The molecule has 1 saturated heterocycles. The summed E-state index contributed by atoms with van der Waals surface area (Å²) in [5, 5.41) is 0.172. The number of amides is 2. The van der Waals surface area contributed by atoms with Gasteiger partial charge >= 0.3 is 16.1 Å². The molecule has 7 nitrogen and oxygen atoms in total. The monoisotopic (exact) mass is 451 g/mol. The lowest BCUT2D eigenvalue weighted by atomic mass is 10.0. The first-order valence-corrected chi connectivity index (χ1v) is 11.0. The molecule has 1 fully saturated rings. The first kappa shape index (κ1) is 20.4. The Morgan fingerprint density at radius 3 is 2.37 bits per heavy atom. The minimum absolute atomic E-state index is 0.116. The molecule has 0 spiro atoms. The van der Waals surface area contributed by atoms with Crippen LogP contribution in [0, 0.1) is 18.6 Å². The Morgan fingerprint density at radius 2 is 1.73 bits per heavy atom. The number of thiazole rings is 1. The molecule has 0 aliphatic carbocycles. The fourth-order valence-electron chi connectivity index (χ4n) is 3.22. The van der Waals surface area contributed by atoms with Gasteiger partial charge in [-0.2, -0.15) is 8.42 Å². The van der Waals surface area contributed by atoms with Crippen molar-refractivity contribution >= 4 is 38.3 Å². The van der Waals surface area contributed by atoms with E-state index < -0.39 is 27.8 Å². The molecule has 4 rings (SSSR count). The summed E-state index contributed by atoms with van der Waals surface area (Å²) in [6.45, 7) is 2.04.